The van der Waals surface area contributed by atoms with Crippen molar-refractivity contribution in [2.75, 3.05) is 6.61 Å². The van der Waals surface area contributed by atoms with E-state index in [2.05, 4.69) is 20.8 Å². The van der Waals surface area contributed by atoms with Crippen LogP contribution in [0.2, 0.25) is 0 Å². The number of fused-ring (bicyclic) bond motifs is 3. The smallest absolute Gasteiger partial charge is 0.0908 e. The van der Waals surface area contributed by atoms with E-state index < -0.39 is 5.60 Å². The molecule has 0 saturated heterocycles. The van der Waals surface area contributed by atoms with E-state index in [1.165, 1.54) is 6.42 Å². The van der Waals surface area contributed by atoms with Crippen molar-refractivity contribution in [2.24, 2.45) is 35.0 Å². The predicted octanol–water partition coefficient (Wildman–Crippen LogP) is 2.44. The van der Waals surface area contributed by atoms with Gasteiger partial charge in [0.2, 0.25) is 0 Å². The van der Waals surface area contributed by atoms with Gasteiger partial charge in [0.25, 0.3) is 0 Å². The molecule has 0 heterocycles. The first-order chi connectivity index (χ1) is 7.92. The Morgan fingerprint density at radius 2 is 1.82 bits per heavy atom. The van der Waals surface area contributed by atoms with Crippen molar-refractivity contribution >= 4 is 0 Å². The zero-order valence-electron chi connectivity index (χ0n) is 11.3. The third kappa shape index (κ3) is 1.46. The molecule has 2 N–H and O–H groups in total. The molecule has 0 unspecified atom stereocenters. The number of hydrogen-bond acceptors (Lipinski definition) is 2. The summed E-state index contributed by atoms with van der Waals surface area (Å²) in [6.45, 7) is 7.10. The summed E-state index contributed by atoms with van der Waals surface area (Å²) in [4.78, 5) is 0. The zero-order valence-corrected chi connectivity index (χ0v) is 11.3. The summed E-state index contributed by atoms with van der Waals surface area (Å²) in [7, 11) is 0. The molecule has 0 aromatic heterocycles. The Kier molecular flexibility index (Phi) is 2.45. The second kappa shape index (κ2) is 3.48. The molecule has 17 heavy (non-hydrogen) atoms. The molecule has 2 nitrogen and oxygen atoms in total. The van der Waals surface area contributed by atoms with Gasteiger partial charge in [-0.05, 0) is 54.3 Å². The Labute approximate surface area is 104 Å². The van der Waals surface area contributed by atoms with Crippen LogP contribution in [0.4, 0.5) is 0 Å². The normalized spacial score (nSPS) is 55.9. The maximum Gasteiger partial charge on any atom is 0.0908 e. The first kappa shape index (κ1) is 12.0. The molecule has 0 aromatic rings. The van der Waals surface area contributed by atoms with Gasteiger partial charge in [0, 0.05) is 0 Å². The second-order valence-electron chi connectivity index (χ2n) is 7.49. The van der Waals surface area contributed by atoms with Crippen LogP contribution in [0.25, 0.3) is 0 Å². The lowest BCUT2D eigenvalue weighted by atomic mass is 9.74. The van der Waals surface area contributed by atoms with Crippen LogP contribution in [0, 0.1) is 35.0 Å². The molecule has 3 rings (SSSR count). The molecule has 6 atom stereocenters. The van der Waals surface area contributed by atoms with Crippen LogP contribution in [-0.2, 0) is 0 Å². The average molecular weight is 238 g/mol. The van der Waals surface area contributed by atoms with Crippen LogP contribution in [0.5, 0.6) is 0 Å². The zero-order chi connectivity index (χ0) is 12.4. The monoisotopic (exact) mass is 238 g/mol. The third-order valence-electron chi connectivity index (χ3n) is 6.46. The summed E-state index contributed by atoms with van der Waals surface area (Å²) in [6.07, 6.45) is 4.26. The summed E-state index contributed by atoms with van der Waals surface area (Å²) in [5.74, 6) is 3.31. The minimum atomic E-state index is -0.779. The molecule has 3 aliphatic rings. The van der Waals surface area contributed by atoms with Crippen molar-refractivity contribution in [1.29, 1.82) is 0 Å². The lowest BCUT2D eigenvalue weighted by Gasteiger charge is -2.37. The average Bonchev–Trinajstić information content (AvgIpc) is 2.65. The fourth-order valence-electron chi connectivity index (χ4n) is 5.34. The molecule has 0 aliphatic heterocycles. The summed E-state index contributed by atoms with van der Waals surface area (Å²) < 4.78 is 0. The molecular weight excluding hydrogens is 212 g/mol. The van der Waals surface area contributed by atoms with E-state index >= 15 is 0 Å². The quantitative estimate of drug-likeness (QED) is 0.736. The second-order valence-corrected chi connectivity index (χ2v) is 7.49. The van der Waals surface area contributed by atoms with Gasteiger partial charge in [0.1, 0.15) is 0 Å². The fraction of sp³-hybridized carbons (Fsp3) is 1.00. The van der Waals surface area contributed by atoms with Gasteiger partial charge in [-0.15, -0.1) is 0 Å². The van der Waals surface area contributed by atoms with Crippen LogP contribution in [0.1, 0.15) is 46.5 Å². The Hall–Kier alpha value is -0.0800. The van der Waals surface area contributed by atoms with E-state index in [-0.39, 0.29) is 6.61 Å². The van der Waals surface area contributed by atoms with E-state index in [1.807, 2.05) is 0 Å². The van der Waals surface area contributed by atoms with Crippen LogP contribution >= 0.6 is 0 Å². The lowest BCUT2D eigenvalue weighted by Crippen LogP contribution is -2.44. The number of aliphatic hydroxyl groups is 2. The van der Waals surface area contributed by atoms with Gasteiger partial charge in [-0.3, -0.25) is 0 Å². The molecular formula is C15H26O2. The van der Waals surface area contributed by atoms with Crippen molar-refractivity contribution in [3.8, 4) is 0 Å². The largest absolute Gasteiger partial charge is 0.393 e. The molecule has 0 radical (unpaired) electrons. The van der Waals surface area contributed by atoms with Crippen LogP contribution in [0.15, 0.2) is 0 Å². The highest BCUT2D eigenvalue weighted by Gasteiger charge is 2.67. The number of aliphatic hydroxyl groups excluding tert-OH is 1. The molecule has 0 amide bonds. The Bertz CT molecular complexity index is 325. The summed E-state index contributed by atoms with van der Waals surface area (Å²) in [5, 5.41) is 20.3. The maximum absolute atomic E-state index is 10.7. The van der Waals surface area contributed by atoms with Crippen molar-refractivity contribution in [2.45, 2.75) is 52.1 Å². The molecule has 0 spiro atoms. The van der Waals surface area contributed by atoms with Gasteiger partial charge in [-0.1, -0.05) is 27.2 Å². The molecule has 98 valence electrons. The summed E-state index contributed by atoms with van der Waals surface area (Å²) in [6, 6.07) is 0. The topological polar surface area (TPSA) is 40.5 Å². The van der Waals surface area contributed by atoms with E-state index in [4.69, 9.17) is 0 Å². The van der Waals surface area contributed by atoms with Crippen LogP contribution in [0.3, 0.4) is 0 Å². The number of rotatable bonds is 1. The van der Waals surface area contributed by atoms with E-state index in [0.29, 0.717) is 17.3 Å². The molecule has 0 aromatic carbocycles. The Morgan fingerprint density at radius 1 is 1.12 bits per heavy atom. The van der Waals surface area contributed by atoms with Crippen molar-refractivity contribution in [3.63, 3.8) is 0 Å². The molecule has 3 fully saturated rings. The molecule has 3 aliphatic carbocycles. The molecule has 0 bridgehead atoms. The highest BCUT2D eigenvalue weighted by molar-refractivity contribution is 5.15. The minimum Gasteiger partial charge on any atom is -0.393 e. The minimum absolute atomic E-state index is 0.0409. The van der Waals surface area contributed by atoms with E-state index in [1.54, 1.807) is 0 Å². The van der Waals surface area contributed by atoms with E-state index in [0.717, 1.165) is 37.0 Å². The number of hydrogen-bond donors (Lipinski definition) is 2. The van der Waals surface area contributed by atoms with Crippen LogP contribution in [-0.4, -0.2) is 22.4 Å². The maximum atomic E-state index is 10.7. The van der Waals surface area contributed by atoms with Gasteiger partial charge in [0.15, 0.2) is 0 Å². The first-order valence-electron chi connectivity index (χ1n) is 7.25. The Morgan fingerprint density at radius 3 is 2.47 bits per heavy atom. The van der Waals surface area contributed by atoms with Gasteiger partial charge in [0.05, 0.1) is 12.2 Å². The van der Waals surface area contributed by atoms with Crippen molar-refractivity contribution in [1.82, 2.24) is 0 Å². The Balaban J connectivity index is 1.94. The van der Waals surface area contributed by atoms with Crippen molar-refractivity contribution < 1.29 is 10.2 Å². The van der Waals surface area contributed by atoms with Gasteiger partial charge in [-0.25, -0.2) is 0 Å². The third-order valence-corrected chi connectivity index (χ3v) is 6.46. The summed E-state index contributed by atoms with van der Waals surface area (Å²) >= 11 is 0. The van der Waals surface area contributed by atoms with Gasteiger partial charge < -0.3 is 10.2 Å². The van der Waals surface area contributed by atoms with Gasteiger partial charge >= 0.3 is 0 Å². The van der Waals surface area contributed by atoms with Crippen LogP contribution < -0.4 is 0 Å². The molecule has 2 heteroatoms. The summed E-state index contributed by atoms with van der Waals surface area (Å²) in [5.41, 5.74) is -0.294. The van der Waals surface area contributed by atoms with Crippen molar-refractivity contribution in [3.05, 3.63) is 0 Å². The standard InChI is InChI=1S/C15H26O2/c1-9-4-5-10-12(9)13-11(14(13,2)3)6-7-15(10,17)8-16/h9-13,16-17H,4-8H2,1-3H3/t9-,10-,11-,12-,13-,15+/m1/s1. The molecule has 3 saturated carbocycles. The highest BCUT2D eigenvalue weighted by atomic mass is 16.3. The highest BCUT2D eigenvalue weighted by Crippen LogP contribution is 2.71. The van der Waals surface area contributed by atoms with E-state index in [9.17, 15) is 10.2 Å². The lowest BCUT2D eigenvalue weighted by molar-refractivity contribution is -0.0830. The fourth-order valence-corrected chi connectivity index (χ4v) is 5.34. The van der Waals surface area contributed by atoms with Gasteiger partial charge in [-0.2, -0.15) is 0 Å². The SMILES string of the molecule is C[C@@H]1CC[C@@H]2[C@@H]1[C@H]1[C@@H](CC[C@]2(O)CO)C1(C)C. The first-order valence-corrected chi connectivity index (χ1v) is 7.25. The predicted molar refractivity (Wildman–Crippen MR) is 67.4 cm³/mol.